The van der Waals surface area contributed by atoms with Crippen molar-refractivity contribution in [3.8, 4) is 28.5 Å². The number of hydrogen-bond acceptors (Lipinski definition) is 6. The minimum absolute atomic E-state index is 0.0122. The van der Waals surface area contributed by atoms with Gasteiger partial charge in [-0.15, -0.1) is 0 Å². The van der Waals surface area contributed by atoms with Crippen molar-refractivity contribution in [2.75, 3.05) is 12.1 Å². The van der Waals surface area contributed by atoms with E-state index in [9.17, 15) is 14.7 Å². The summed E-state index contributed by atoms with van der Waals surface area (Å²) in [6.45, 7) is 4.09. The van der Waals surface area contributed by atoms with Crippen LogP contribution >= 0.6 is 0 Å². The van der Waals surface area contributed by atoms with Crippen molar-refractivity contribution < 1.29 is 24.2 Å². The number of phenolic OH excluding ortho intramolecular Hbond substituents is 1. The van der Waals surface area contributed by atoms with Crippen LogP contribution in [0.25, 0.3) is 11.3 Å². The Bertz CT molecular complexity index is 1280. The van der Waals surface area contributed by atoms with E-state index in [1.807, 2.05) is 19.9 Å². The number of carbonyl (C=O) groups is 2. The zero-order valence-electron chi connectivity index (χ0n) is 19.7. The van der Waals surface area contributed by atoms with E-state index in [-0.39, 0.29) is 36.4 Å². The predicted molar refractivity (Wildman–Crippen MR) is 130 cm³/mol. The lowest BCUT2D eigenvalue weighted by Gasteiger charge is -2.25. The number of phenols is 1. The number of nitrogens with one attached hydrogen (secondary N) is 2. The maximum Gasteiger partial charge on any atom is 0.342 e. The lowest BCUT2D eigenvalue weighted by molar-refractivity contribution is 0.102. The third kappa shape index (κ3) is 4.53. The number of fused-ring (bicyclic) bond motifs is 1. The van der Waals surface area contributed by atoms with Crippen molar-refractivity contribution >= 4 is 17.6 Å². The SMILES string of the molecule is CCC(C)NC(=O)n1nc(-c2cc(NC(=O)c3ccc4c(c3)OCO4)ccc2O)cc1C1CCC1. The van der Waals surface area contributed by atoms with Gasteiger partial charge in [-0.1, -0.05) is 13.3 Å². The van der Waals surface area contributed by atoms with E-state index in [4.69, 9.17) is 9.47 Å². The molecule has 0 saturated heterocycles. The molecule has 1 aromatic heterocycles. The third-order valence-electron chi connectivity index (χ3n) is 6.60. The largest absolute Gasteiger partial charge is 0.507 e. The maximum absolute atomic E-state index is 12.9. The van der Waals surface area contributed by atoms with Crippen LogP contribution in [0.5, 0.6) is 17.2 Å². The molecule has 1 aliphatic heterocycles. The fourth-order valence-electron chi connectivity index (χ4n) is 4.12. The molecule has 1 atom stereocenters. The van der Waals surface area contributed by atoms with Crippen molar-refractivity contribution in [1.29, 1.82) is 0 Å². The highest BCUT2D eigenvalue weighted by molar-refractivity contribution is 6.05. The lowest BCUT2D eigenvalue weighted by atomic mass is 9.82. The number of rotatable bonds is 6. The Kier molecular flexibility index (Phi) is 6.07. The van der Waals surface area contributed by atoms with Gasteiger partial charge in [-0.3, -0.25) is 4.79 Å². The number of hydrogen-bond donors (Lipinski definition) is 3. The lowest BCUT2D eigenvalue weighted by Crippen LogP contribution is -2.37. The van der Waals surface area contributed by atoms with Gasteiger partial charge in [-0.25, -0.2) is 4.79 Å². The zero-order valence-corrected chi connectivity index (χ0v) is 19.7. The van der Waals surface area contributed by atoms with Gasteiger partial charge in [0.15, 0.2) is 11.5 Å². The highest BCUT2D eigenvalue weighted by Gasteiger charge is 2.28. The second kappa shape index (κ2) is 9.32. The van der Waals surface area contributed by atoms with Crippen LogP contribution in [0, 0.1) is 0 Å². The molecule has 1 aliphatic carbocycles. The molecule has 1 saturated carbocycles. The van der Waals surface area contributed by atoms with Gasteiger partial charge in [-0.2, -0.15) is 9.78 Å². The van der Waals surface area contributed by atoms with E-state index in [0.717, 1.165) is 31.4 Å². The van der Waals surface area contributed by atoms with Crippen LogP contribution in [0.2, 0.25) is 0 Å². The first-order valence-electron chi connectivity index (χ1n) is 11.9. The van der Waals surface area contributed by atoms with E-state index in [1.165, 1.54) is 10.7 Å². The van der Waals surface area contributed by atoms with E-state index < -0.39 is 0 Å². The van der Waals surface area contributed by atoms with E-state index in [1.54, 1.807) is 30.3 Å². The Morgan fingerprint density at radius 2 is 1.94 bits per heavy atom. The number of amides is 2. The first kappa shape index (κ1) is 22.8. The van der Waals surface area contributed by atoms with E-state index in [2.05, 4.69) is 15.7 Å². The quantitative estimate of drug-likeness (QED) is 0.438. The van der Waals surface area contributed by atoms with Crippen LogP contribution in [0.15, 0.2) is 42.5 Å². The highest BCUT2D eigenvalue weighted by Crippen LogP contribution is 2.39. The molecule has 5 rings (SSSR count). The maximum atomic E-state index is 12.9. The molecule has 9 heteroatoms. The van der Waals surface area contributed by atoms with Gasteiger partial charge in [0.05, 0.1) is 11.4 Å². The summed E-state index contributed by atoms with van der Waals surface area (Å²) in [5.74, 6) is 1.07. The Hall–Kier alpha value is -4.01. The number of carbonyl (C=O) groups excluding carboxylic acids is 2. The first-order valence-corrected chi connectivity index (χ1v) is 11.9. The van der Waals surface area contributed by atoms with Crippen molar-refractivity contribution in [3.63, 3.8) is 0 Å². The average Bonchev–Trinajstić information content (AvgIpc) is 3.46. The summed E-state index contributed by atoms with van der Waals surface area (Å²) in [5.41, 5.74) is 2.65. The molecular formula is C26H28N4O5. The van der Waals surface area contributed by atoms with E-state index in [0.29, 0.717) is 34.0 Å². The van der Waals surface area contributed by atoms with Gasteiger partial charge in [0.2, 0.25) is 6.79 Å². The molecule has 182 valence electrons. The molecule has 0 bridgehead atoms. The Labute approximate surface area is 203 Å². The molecule has 2 aromatic carbocycles. The summed E-state index contributed by atoms with van der Waals surface area (Å²) < 4.78 is 12.1. The van der Waals surface area contributed by atoms with Gasteiger partial charge < -0.3 is 25.2 Å². The number of anilines is 1. The predicted octanol–water partition coefficient (Wildman–Crippen LogP) is 4.86. The fraction of sp³-hybridized carbons (Fsp3) is 0.346. The minimum Gasteiger partial charge on any atom is -0.507 e. The summed E-state index contributed by atoms with van der Waals surface area (Å²) in [5, 5.41) is 20.9. The molecule has 1 unspecified atom stereocenters. The Morgan fingerprint density at radius 3 is 2.69 bits per heavy atom. The molecule has 35 heavy (non-hydrogen) atoms. The summed E-state index contributed by atoms with van der Waals surface area (Å²) >= 11 is 0. The van der Waals surface area contributed by atoms with E-state index >= 15 is 0 Å². The van der Waals surface area contributed by atoms with Crippen molar-refractivity contribution in [1.82, 2.24) is 15.1 Å². The normalized spacial score (nSPS) is 15.4. The van der Waals surface area contributed by atoms with Crippen molar-refractivity contribution in [3.05, 3.63) is 53.7 Å². The van der Waals surface area contributed by atoms with Gasteiger partial charge in [0, 0.05) is 28.8 Å². The van der Waals surface area contributed by atoms with Crippen molar-refractivity contribution in [2.24, 2.45) is 0 Å². The first-order chi connectivity index (χ1) is 16.9. The summed E-state index contributed by atoms with van der Waals surface area (Å²) in [4.78, 5) is 25.7. The fourth-order valence-corrected chi connectivity index (χ4v) is 4.12. The highest BCUT2D eigenvalue weighted by atomic mass is 16.7. The van der Waals surface area contributed by atoms with Crippen LogP contribution in [0.4, 0.5) is 10.5 Å². The third-order valence-corrected chi connectivity index (χ3v) is 6.60. The molecule has 2 heterocycles. The molecule has 0 spiro atoms. The van der Waals surface area contributed by atoms with Crippen LogP contribution < -0.4 is 20.1 Å². The number of aromatic nitrogens is 2. The summed E-state index contributed by atoms with van der Waals surface area (Å²) in [7, 11) is 0. The molecule has 9 nitrogen and oxygen atoms in total. The minimum atomic E-state index is -0.325. The Balaban J connectivity index is 1.42. The molecule has 3 N–H and O–H groups in total. The second-order valence-corrected chi connectivity index (χ2v) is 9.01. The second-order valence-electron chi connectivity index (χ2n) is 9.01. The average molecular weight is 477 g/mol. The Morgan fingerprint density at radius 1 is 1.14 bits per heavy atom. The summed E-state index contributed by atoms with van der Waals surface area (Å²) in [6, 6.07) is 11.4. The van der Waals surface area contributed by atoms with Crippen LogP contribution in [-0.2, 0) is 0 Å². The number of ether oxygens (including phenoxy) is 2. The number of aromatic hydroxyl groups is 1. The molecule has 1 fully saturated rings. The van der Waals surface area contributed by atoms with Gasteiger partial charge in [0.25, 0.3) is 5.91 Å². The smallest absolute Gasteiger partial charge is 0.342 e. The van der Waals surface area contributed by atoms with Crippen LogP contribution in [0.3, 0.4) is 0 Å². The van der Waals surface area contributed by atoms with Gasteiger partial charge >= 0.3 is 6.03 Å². The van der Waals surface area contributed by atoms with Crippen LogP contribution in [0.1, 0.15) is 61.5 Å². The zero-order chi connectivity index (χ0) is 24.5. The number of nitrogens with zero attached hydrogens (tertiary/aromatic N) is 2. The standard InChI is InChI=1S/C26H28N4O5/c1-3-15(2)27-26(33)30-21(16-5-4-6-16)13-20(29-30)19-12-18(8-9-22(19)31)28-25(32)17-7-10-23-24(11-17)35-14-34-23/h7-13,15-16,31H,3-6,14H2,1-2H3,(H,27,33)(H,28,32). The summed E-state index contributed by atoms with van der Waals surface area (Å²) in [6.07, 6.45) is 3.92. The van der Waals surface area contributed by atoms with Crippen LogP contribution in [-0.4, -0.2) is 39.7 Å². The van der Waals surface area contributed by atoms with Crippen molar-refractivity contribution in [2.45, 2.75) is 51.5 Å². The molecular weight excluding hydrogens is 448 g/mol. The topological polar surface area (TPSA) is 115 Å². The molecule has 3 aromatic rings. The number of benzene rings is 2. The molecule has 0 radical (unpaired) electrons. The molecule has 2 amide bonds. The molecule has 2 aliphatic rings. The van der Waals surface area contributed by atoms with Gasteiger partial charge in [-0.05, 0) is 68.7 Å². The monoisotopic (exact) mass is 476 g/mol. The van der Waals surface area contributed by atoms with Gasteiger partial charge in [0.1, 0.15) is 5.75 Å².